The van der Waals surface area contributed by atoms with Gasteiger partial charge in [-0.1, -0.05) is 30.3 Å². The lowest BCUT2D eigenvalue weighted by atomic mass is 9.99. The molecule has 0 spiro atoms. The van der Waals surface area contributed by atoms with Gasteiger partial charge in [0, 0.05) is 6.54 Å². The summed E-state index contributed by atoms with van der Waals surface area (Å²) in [6, 6.07) is 9.56. The van der Waals surface area contributed by atoms with E-state index in [-0.39, 0.29) is 12.5 Å². The molecule has 0 bridgehead atoms. The number of ether oxygens (including phenoxy) is 2. The van der Waals surface area contributed by atoms with E-state index in [1.54, 1.807) is 0 Å². The zero-order valence-corrected chi connectivity index (χ0v) is 10.5. The maximum Gasteiger partial charge on any atom is 0.406 e. The summed E-state index contributed by atoms with van der Waals surface area (Å²) in [5.41, 5.74) is 1.01. The molecule has 1 rings (SSSR count). The van der Waals surface area contributed by atoms with E-state index in [0.717, 1.165) is 5.56 Å². The molecule has 1 N–H and O–H groups in total. The molecule has 0 saturated carbocycles. The van der Waals surface area contributed by atoms with Gasteiger partial charge in [-0.2, -0.15) is 0 Å². The van der Waals surface area contributed by atoms with Crippen LogP contribution < -0.4 is 5.32 Å². The van der Waals surface area contributed by atoms with Crippen molar-refractivity contribution in [1.82, 2.24) is 5.32 Å². The Balaban J connectivity index is 2.61. The monoisotopic (exact) mass is 251 g/mol. The van der Waals surface area contributed by atoms with Crippen LogP contribution in [-0.4, -0.2) is 32.8 Å². The fourth-order valence-electron chi connectivity index (χ4n) is 1.58. The standard InChI is InChI=1S/C13H17NO4/c1-17-12(15)11(9-14-13(16)18-2)8-10-6-4-3-5-7-10/h3-7,11H,8-9H2,1-2H3,(H,14,16)/t11-/m0/s1. The third kappa shape index (κ3) is 4.45. The van der Waals surface area contributed by atoms with Gasteiger partial charge in [-0.05, 0) is 12.0 Å². The smallest absolute Gasteiger partial charge is 0.406 e. The second-order valence-electron chi connectivity index (χ2n) is 3.78. The molecule has 1 aromatic carbocycles. The van der Waals surface area contributed by atoms with Crippen LogP contribution in [0.15, 0.2) is 30.3 Å². The van der Waals surface area contributed by atoms with E-state index >= 15 is 0 Å². The number of rotatable bonds is 5. The van der Waals surface area contributed by atoms with Crippen LogP contribution in [0, 0.1) is 5.92 Å². The Labute approximate surface area is 106 Å². The third-order valence-corrected chi connectivity index (χ3v) is 2.54. The molecule has 0 fully saturated rings. The largest absolute Gasteiger partial charge is 0.469 e. The zero-order valence-electron chi connectivity index (χ0n) is 10.5. The van der Waals surface area contributed by atoms with E-state index in [2.05, 4.69) is 10.1 Å². The molecule has 0 aliphatic carbocycles. The van der Waals surface area contributed by atoms with E-state index < -0.39 is 12.0 Å². The van der Waals surface area contributed by atoms with Crippen LogP contribution in [0.5, 0.6) is 0 Å². The second kappa shape index (κ2) is 7.32. The van der Waals surface area contributed by atoms with Crippen LogP contribution in [-0.2, 0) is 20.7 Å². The number of esters is 1. The van der Waals surface area contributed by atoms with Gasteiger partial charge in [0.05, 0.1) is 20.1 Å². The number of alkyl carbamates (subject to hydrolysis) is 1. The lowest BCUT2D eigenvalue weighted by Crippen LogP contribution is -2.34. The minimum atomic E-state index is -0.558. The van der Waals surface area contributed by atoms with Crippen molar-refractivity contribution in [2.75, 3.05) is 20.8 Å². The van der Waals surface area contributed by atoms with Crippen LogP contribution in [0.3, 0.4) is 0 Å². The number of amides is 1. The Kier molecular flexibility index (Phi) is 5.70. The fourth-order valence-corrected chi connectivity index (χ4v) is 1.58. The molecule has 0 radical (unpaired) electrons. The molecule has 1 aromatic rings. The number of hydrogen-bond donors (Lipinski definition) is 1. The summed E-state index contributed by atoms with van der Waals surface area (Å²) in [5, 5.41) is 2.51. The molecule has 5 nitrogen and oxygen atoms in total. The van der Waals surface area contributed by atoms with E-state index in [0.29, 0.717) is 6.42 Å². The van der Waals surface area contributed by atoms with Gasteiger partial charge in [-0.15, -0.1) is 0 Å². The molecule has 0 aromatic heterocycles. The summed E-state index contributed by atoms with van der Waals surface area (Å²) in [6.45, 7) is 0.189. The minimum absolute atomic E-state index is 0.189. The van der Waals surface area contributed by atoms with Crippen LogP contribution in [0.25, 0.3) is 0 Å². The summed E-state index contributed by atoms with van der Waals surface area (Å²) in [4.78, 5) is 22.6. The van der Waals surface area contributed by atoms with E-state index in [1.807, 2.05) is 30.3 Å². The van der Waals surface area contributed by atoms with Crippen molar-refractivity contribution < 1.29 is 19.1 Å². The molecule has 0 heterocycles. The molecule has 5 heteroatoms. The van der Waals surface area contributed by atoms with Crippen molar-refractivity contribution in [3.05, 3.63) is 35.9 Å². The normalized spacial score (nSPS) is 11.4. The number of benzene rings is 1. The average Bonchev–Trinajstić information content (AvgIpc) is 2.43. The first kappa shape index (κ1) is 14.0. The fraction of sp³-hybridized carbons (Fsp3) is 0.385. The zero-order chi connectivity index (χ0) is 13.4. The van der Waals surface area contributed by atoms with E-state index in [4.69, 9.17) is 4.74 Å². The van der Waals surface area contributed by atoms with E-state index in [1.165, 1.54) is 14.2 Å². The molecule has 1 atom stereocenters. The molecular weight excluding hydrogens is 234 g/mol. The Morgan fingerprint density at radius 2 is 1.83 bits per heavy atom. The maximum absolute atomic E-state index is 11.6. The van der Waals surface area contributed by atoms with Crippen molar-refractivity contribution in [3.63, 3.8) is 0 Å². The Hall–Kier alpha value is -2.04. The highest BCUT2D eigenvalue weighted by Crippen LogP contribution is 2.09. The maximum atomic E-state index is 11.6. The predicted octanol–water partition coefficient (Wildman–Crippen LogP) is 1.37. The lowest BCUT2D eigenvalue weighted by Gasteiger charge is -2.15. The van der Waals surface area contributed by atoms with Gasteiger partial charge in [-0.3, -0.25) is 4.79 Å². The molecule has 0 aliphatic heterocycles. The van der Waals surface area contributed by atoms with Gasteiger partial charge < -0.3 is 14.8 Å². The first-order valence-corrected chi connectivity index (χ1v) is 5.61. The Morgan fingerprint density at radius 1 is 1.17 bits per heavy atom. The van der Waals surface area contributed by atoms with E-state index in [9.17, 15) is 9.59 Å². The third-order valence-electron chi connectivity index (χ3n) is 2.54. The molecule has 0 saturated heterocycles. The predicted molar refractivity (Wildman–Crippen MR) is 66.1 cm³/mol. The van der Waals surface area contributed by atoms with Crippen LogP contribution >= 0.6 is 0 Å². The molecule has 18 heavy (non-hydrogen) atoms. The molecule has 1 amide bonds. The summed E-state index contributed by atoms with van der Waals surface area (Å²) in [7, 11) is 2.61. The van der Waals surface area contributed by atoms with Gasteiger partial charge in [0.25, 0.3) is 0 Å². The topological polar surface area (TPSA) is 64.6 Å². The number of carbonyl (C=O) groups is 2. The lowest BCUT2D eigenvalue weighted by molar-refractivity contribution is -0.145. The van der Waals surface area contributed by atoms with Crippen molar-refractivity contribution in [1.29, 1.82) is 0 Å². The molecule has 0 aliphatic rings. The molecule has 0 unspecified atom stereocenters. The number of hydrogen-bond acceptors (Lipinski definition) is 4. The van der Waals surface area contributed by atoms with Crippen molar-refractivity contribution in [3.8, 4) is 0 Å². The summed E-state index contributed by atoms with van der Waals surface area (Å²) >= 11 is 0. The summed E-state index contributed by atoms with van der Waals surface area (Å²) in [5.74, 6) is -0.772. The number of carbonyl (C=O) groups excluding carboxylic acids is 2. The first-order valence-electron chi connectivity index (χ1n) is 5.61. The highest BCUT2D eigenvalue weighted by Gasteiger charge is 2.20. The Bertz CT molecular complexity index is 391. The van der Waals surface area contributed by atoms with Crippen LogP contribution in [0.1, 0.15) is 5.56 Å². The number of methoxy groups -OCH3 is 2. The van der Waals surface area contributed by atoms with Gasteiger partial charge in [-0.25, -0.2) is 4.79 Å². The summed E-state index contributed by atoms with van der Waals surface area (Å²) in [6.07, 6.45) is -0.0469. The molecule has 98 valence electrons. The van der Waals surface area contributed by atoms with Crippen molar-refractivity contribution >= 4 is 12.1 Å². The highest BCUT2D eigenvalue weighted by molar-refractivity contribution is 5.74. The minimum Gasteiger partial charge on any atom is -0.469 e. The number of nitrogens with one attached hydrogen (secondary N) is 1. The first-order chi connectivity index (χ1) is 8.67. The Morgan fingerprint density at radius 3 is 2.39 bits per heavy atom. The average molecular weight is 251 g/mol. The van der Waals surface area contributed by atoms with Gasteiger partial charge in [0.1, 0.15) is 0 Å². The summed E-state index contributed by atoms with van der Waals surface area (Å²) < 4.78 is 9.18. The van der Waals surface area contributed by atoms with Gasteiger partial charge in [0.2, 0.25) is 0 Å². The highest BCUT2D eigenvalue weighted by atomic mass is 16.5. The van der Waals surface area contributed by atoms with Gasteiger partial charge >= 0.3 is 12.1 Å². The van der Waals surface area contributed by atoms with Crippen molar-refractivity contribution in [2.45, 2.75) is 6.42 Å². The van der Waals surface area contributed by atoms with Crippen LogP contribution in [0.2, 0.25) is 0 Å². The second-order valence-corrected chi connectivity index (χ2v) is 3.78. The van der Waals surface area contributed by atoms with Crippen molar-refractivity contribution in [2.24, 2.45) is 5.92 Å². The quantitative estimate of drug-likeness (QED) is 0.803. The SMILES string of the molecule is COC(=O)NC[C@H](Cc1ccccc1)C(=O)OC. The molecular formula is C13H17NO4. The van der Waals surface area contributed by atoms with Gasteiger partial charge in [0.15, 0.2) is 0 Å². The van der Waals surface area contributed by atoms with Crippen LogP contribution in [0.4, 0.5) is 4.79 Å².